The molecule has 1 atom stereocenters. The lowest BCUT2D eigenvalue weighted by Crippen LogP contribution is -2.30. The van der Waals surface area contributed by atoms with Gasteiger partial charge in [0.1, 0.15) is 13.2 Å². The van der Waals surface area contributed by atoms with E-state index in [0.29, 0.717) is 19.3 Å². The fourth-order valence-corrected chi connectivity index (χ4v) is 9.53. The van der Waals surface area contributed by atoms with Crippen LogP contribution < -0.4 is 0 Å². The van der Waals surface area contributed by atoms with Crippen molar-refractivity contribution in [3.63, 3.8) is 0 Å². The Bertz CT molecular complexity index is 1400. The number of esters is 3. The molecule has 0 saturated carbocycles. The first-order chi connectivity index (χ1) is 37.5. The molecular formula is C70H124O6. The molecule has 0 aliphatic rings. The molecule has 1 unspecified atom stereocenters. The Labute approximate surface area is 472 Å². The van der Waals surface area contributed by atoms with Gasteiger partial charge in [-0.2, -0.15) is 0 Å². The van der Waals surface area contributed by atoms with Gasteiger partial charge in [-0.15, -0.1) is 0 Å². The van der Waals surface area contributed by atoms with Crippen LogP contribution in [0.3, 0.4) is 0 Å². The van der Waals surface area contributed by atoms with Crippen molar-refractivity contribution in [2.75, 3.05) is 13.2 Å². The Hall–Kier alpha value is -3.15. The summed E-state index contributed by atoms with van der Waals surface area (Å²) in [4.78, 5) is 38.4. The van der Waals surface area contributed by atoms with Crippen molar-refractivity contribution in [2.24, 2.45) is 0 Å². The second-order valence-electron chi connectivity index (χ2n) is 22.0. The van der Waals surface area contributed by atoms with E-state index >= 15 is 0 Å². The Morgan fingerprint density at radius 2 is 0.513 bits per heavy atom. The summed E-state index contributed by atoms with van der Waals surface area (Å²) in [5, 5.41) is 0. The van der Waals surface area contributed by atoms with E-state index in [2.05, 4.69) is 93.7 Å². The molecule has 0 saturated heterocycles. The molecule has 0 aromatic carbocycles. The van der Waals surface area contributed by atoms with Gasteiger partial charge in [0.25, 0.3) is 0 Å². The van der Waals surface area contributed by atoms with E-state index in [0.717, 1.165) is 116 Å². The van der Waals surface area contributed by atoms with E-state index in [9.17, 15) is 14.4 Å². The van der Waals surface area contributed by atoms with Crippen LogP contribution in [0.4, 0.5) is 0 Å². The standard InChI is InChI=1S/C70H124O6/c1-4-7-10-13-16-19-22-25-28-30-32-34-36-37-39-42-45-48-51-54-57-60-63-69(72)75-66-67(65-74-68(71)62-59-56-53-50-47-44-41-27-24-21-18-15-12-9-6-3)76-70(73)64-61-58-55-52-49-46-43-40-38-35-33-31-29-26-23-20-17-14-11-8-5-2/h8,11,17,20,26-27,29,33,35,40-41,43,67H,4-7,9-10,12-16,18-19,21-25,28,30-32,34,36-39,42,44-66H2,1-3H3/b11-8-,20-17-,29-26-,35-33-,41-27-,43-40-. The maximum Gasteiger partial charge on any atom is 0.306 e. The molecule has 0 radical (unpaired) electrons. The molecule has 0 aromatic heterocycles. The Balaban J connectivity index is 4.37. The highest BCUT2D eigenvalue weighted by Crippen LogP contribution is 2.17. The zero-order chi connectivity index (χ0) is 55.0. The molecule has 6 heteroatoms. The molecule has 440 valence electrons. The van der Waals surface area contributed by atoms with E-state index in [1.807, 2.05) is 0 Å². The number of allylic oxidation sites excluding steroid dienone is 12. The summed E-state index contributed by atoms with van der Waals surface area (Å²) in [5.74, 6) is -0.893. The lowest BCUT2D eigenvalue weighted by molar-refractivity contribution is -0.167. The number of hydrogen-bond donors (Lipinski definition) is 0. The van der Waals surface area contributed by atoms with E-state index in [4.69, 9.17) is 14.2 Å². The summed E-state index contributed by atoms with van der Waals surface area (Å²) in [5.41, 5.74) is 0. The largest absolute Gasteiger partial charge is 0.462 e. The molecule has 0 N–H and O–H groups in total. The number of rotatable bonds is 60. The Kier molecular flexibility index (Phi) is 61.7. The molecule has 0 heterocycles. The van der Waals surface area contributed by atoms with Crippen molar-refractivity contribution in [1.82, 2.24) is 0 Å². The Morgan fingerprint density at radius 3 is 0.816 bits per heavy atom. The smallest absolute Gasteiger partial charge is 0.306 e. The van der Waals surface area contributed by atoms with Gasteiger partial charge in [-0.25, -0.2) is 0 Å². The molecule has 0 fully saturated rings. The van der Waals surface area contributed by atoms with E-state index < -0.39 is 6.10 Å². The minimum absolute atomic E-state index is 0.0830. The number of ether oxygens (including phenoxy) is 3. The summed E-state index contributed by atoms with van der Waals surface area (Å²) in [6.45, 7) is 6.55. The van der Waals surface area contributed by atoms with Crippen LogP contribution in [0.25, 0.3) is 0 Å². The van der Waals surface area contributed by atoms with Crippen LogP contribution in [0.2, 0.25) is 0 Å². The minimum Gasteiger partial charge on any atom is -0.462 e. The van der Waals surface area contributed by atoms with Crippen LogP contribution in [0.5, 0.6) is 0 Å². The van der Waals surface area contributed by atoms with Gasteiger partial charge in [0.2, 0.25) is 0 Å². The summed E-state index contributed by atoms with van der Waals surface area (Å²) >= 11 is 0. The SMILES string of the molecule is CC/C=C\C/C=C\C/C=C\C/C=C\C/C=C\CCCCCCCC(=O)OC(COC(=O)CCCCCCC/C=C\CCCCCCCC)COC(=O)CCCCCCCCCCCCCCCCCCCCCCCC. The summed E-state index contributed by atoms with van der Waals surface area (Å²) in [7, 11) is 0. The first-order valence-electron chi connectivity index (χ1n) is 32.9. The molecule has 0 bridgehead atoms. The first kappa shape index (κ1) is 72.8. The average Bonchev–Trinajstić information content (AvgIpc) is 3.42. The summed E-state index contributed by atoms with van der Waals surface area (Å²) < 4.78 is 16.9. The van der Waals surface area contributed by atoms with Crippen LogP contribution in [0.15, 0.2) is 72.9 Å². The molecule has 76 heavy (non-hydrogen) atoms. The second kappa shape index (κ2) is 64.4. The highest BCUT2D eigenvalue weighted by molar-refractivity contribution is 5.71. The van der Waals surface area contributed by atoms with Gasteiger partial charge in [0.05, 0.1) is 0 Å². The minimum atomic E-state index is -0.789. The van der Waals surface area contributed by atoms with Gasteiger partial charge >= 0.3 is 17.9 Å². The predicted molar refractivity (Wildman–Crippen MR) is 330 cm³/mol. The van der Waals surface area contributed by atoms with Crippen LogP contribution >= 0.6 is 0 Å². The fourth-order valence-electron chi connectivity index (χ4n) is 9.53. The van der Waals surface area contributed by atoms with Crippen molar-refractivity contribution >= 4 is 17.9 Å². The van der Waals surface area contributed by atoms with Crippen molar-refractivity contribution in [2.45, 2.75) is 341 Å². The third kappa shape index (κ3) is 61.7. The van der Waals surface area contributed by atoms with E-state index in [-0.39, 0.29) is 31.1 Å². The first-order valence-corrected chi connectivity index (χ1v) is 32.9. The predicted octanol–water partition coefficient (Wildman–Crippen LogP) is 22.5. The maximum atomic E-state index is 12.9. The van der Waals surface area contributed by atoms with Gasteiger partial charge in [-0.3, -0.25) is 14.4 Å². The highest BCUT2D eigenvalue weighted by Gasteiger charge is 2.19. The Morgan fingerprint density at radius 1 is 0.276 bits per heavy atom. The van der Waals surface area contributed by atoms with Gasteiger partial charge < -0.3 is 14.2 Å². The topological polar surface area (TPSA) is 78.9 Å². The molecule has 6 nitrogen and oxygen atoms in total. The lowest BCUT2D eigenvalue weighted by atomic mass is 10.0. The zero-order valence-electron chi connectivity index (χ0n) is 50.5. The quantitative estimate of drug-likeness (QED) is 0.0261. The van der Waals surface area contributed by atoms with Crippen molar-refractivity contribution in [3.05, 3.63) is 72.9 Å². The van der Waals surface area contributed by atoms with Crippen LogP contribution in [0.1, 0.15) is 335 Å². The molecule has 0 spiro atoms. The average molecular weight is 1060 g/mol. The van der Waals surface area contributed by atoms with Crippen molar-refractivity contribution < 1.29 is 28.6 Å². The van der Waals surface area contributed by atoms with Crippen molar-refractivity contribution in [1.29, 1.82) is 0 Å². The molecule has 0 rings (SSSR count). The third-order valence-corrected chi connectivity index (χ3v) is 14.4. The van der Waals surface area contributed by atoms with Crippen molar-refractivity contribution in [3.8, 4) is 0 Å². The molecular weight excluding hydrogens is 937 g/mol. The van der Waals surface area contributed by atoms with Gasteiger partial charge in [-0.1, -0.05) is 299 Å². The number of carbonyl (C=O) groups excluding carboxylic acids is 3. The van der Waals surface area contributed by atoms with Gasteiger partial charge in [0.15, 0.2) is 6.10 Å². The fraction of sp³-hybridized carbons (Fsp3) is 0.786. The monoisotopic (exact) mass is 1060 g/mol. The summed E-state index contributed by atoms with van der Waals surface area (Å²) in [6, 6.07) is 0. The van der Waals surface area contributed by atoms with Crippen LogP contribution in [0, 0.1) is 0 Å². The third-order valence-electron chi connectivity index (χ3n) is 14.4. The van der Waals surface area contributed by atoms with E-state index in [1.165, 1.54) is 180 Å². The molecule has 0 amide bonds. The lowest BCUT2D eigenvalue weighted by Gasteiger charge is -2.18. The zero-order valence-corrected chi connectivity index (χ0v) is 50.5. The van der Waals surface area contributed by atoms with Gasteiger partial charge in [-0.05, 0) is 89.9 Å². The van der Waals surface area contributed by atoms with Crippen LogP contribution in [-0.4, -0.2) is 37.2 Å². The number of carbonyl (C=O) groups is 3. The molecule has 0 aromatic rings. The normalized spacial score (nSPS) is 12.5. The second-order valence-corrected chi connectivity index (χ2v) is 22.0. The van der Waals surface area contributed by atoms with Crippen LogP contribution in [-0.2, 0) is 28.6 Å². The number of hydrogen-bond acceptors (Lipinski definition) is 6. The maximum absolute atomic E-state index is 12.9. The highest BCUT2D eigenvalue weighted by atomic mass is 16.6. The van der Waals surface area contributed by atoms with Gasteiger partial charge in [0, 0.05) is 19.3 Å². The molecule has 0 aliphatic carbocycles. The molecule has 0 aliphatic heterocycles. The van der Waals surface area contributed by atoms with E-state index in [1.54, 1.807) is 0 Å². The number of unbranched alkanes of at least 4 members (excludes halogenated alkanes) is 37. The summed E-state index contributed by atoms with van der Waals surface area (Å²) in [6.07, 6.45) is 83.4.